The molecular formula is C10H7N3O3S. The monoisotopic (exact) mass is 249 g/mol. The summed E-state index contributed by atoms with van der Waals surface area (Å²) < 4.78 is 3.61. The number of nitrogens with one attached hydrogen (secondary N) is 1. The molecule has 0 atom stereocenters. The molecule has 17 heavy (non-hydrogen) atoms. The predicted molar refractivity (Wildman–Crippen MR) is 61.3 cm³/mol. The van der Waals surface area contributed by atoms with E-state index in [2.05, 4.69) is 14.9 Å². The fourth-order valence-corrected chi connectivity index (χ4v) is 1.59. The van der Waals surface area contributed by atoms with E-state index in [0.717, 1.165) is 11.5 Å². The first-order valence-corrected chi connectivity index (χ1v) is 5.36. The molecular weight excluding hydrogens is 242 g/mol. The third kappa shape index (κ3) is 2.64. The summed E-state index contributed by atoms with van der Waals surface area (Å²) in [6, 6.07) is 5.66. The Morgan fingerprint density at radius 1 is 1.18 bits per heavy atom. The third-order valence-electron chi connectivity index (χ3n) is 1.99. The minimum atomic E-state index is -1.02. The zero-order chi connectivity index (χ0) is 12.3. The molecule has 0 radical (unpaired) electrons. The van der Waals surface area contributed by atoms with E-state index in [-0.39, 0.29) is 11.5 Å². The number of anilines is 1. The fraction of sp³-hybridized carbons (Fsp3) is 0. The molecule has 1 aromatic carbocycles. The second-order valence-electron chi connectivity index (χ2n) is 3.12. The molecule has 1 amide bonds. The van der Waals surface area contributed by atoms with Crippen molar-refractivity contribution in [3.05, 3.63) is 41.6 Å². The maximum absolute atomic E-state index is 11.7. The van der Waals surface area contributed by atoms with Gasteiger partial charge in [0.25, 0.3) is 5.91 Å². The van der Waals surface area contributed by atoms with Crippen molar-refractivity contribution in [3.63, 3.8) is 0 Å². The van der Waals surface area contributed by atoms with Crippen molar-refractivity contribution < 1.29 is 14.7 Å². The fourth-order valence-electron chi connectivity index (χ4n) is 1.17. The number of rotatable bonds is 3. The summed E-state index contributed by atoms with van der Waals surface area (Å²) in [6.45, 7) is 0. The molecule has 0 fully saturated rings. The van der Waals surface area contributed by atoms with E-state index in [0.29, 0.717) is 10.6 Å². The van der Waals surface area contributed by atoms with Crippen LogP contribution in [0.25, 0.3) is 0 Å². The summed E-state index contributed by atoms with van der Waals surface area (Å²) in [6.07, 6.45) is 1.44. The van der Waals surface area contributed by atoms with Gasteiger partial charge in [0, 0.05) is 17.1 Å². The van der Waals surface area contributed by atoms with Crippen molar-refractivity contribution in [3.8, 4) is 0 Å². The lowest BCUT2D eigenvalue weighted by atomic mass is 10.1. The normalized spacial score (nSPS) is 9.88. The molecule has 0 saturated carbocycles. The van der Waals surface area contributed by atoms with Gasteiger partial charge < -0.3 is 10.4 Å². The van der Waals surface area contributed by atoms with E-state index in [4.69, 9.17) is 5.11 Å². The van der Waals surface area contributed by atoms with Crippen molar-refractivity contribution in [2.45, 2.75) is 0 Å². The largest absolute Gasteiger partial charge is 0.478 e. The molecule has 2 rings (SSSR count). The molecule has 86 valence electrons. The van der Waals surface area contributed by atoms with Gasteiger partial charge in [-0.1, -0.05) is 4.49 Å². The first-order valence-electron chi connectivity index (χ1n) is 4.59. The van der Waals surface area contributed by atoms with Crippen molar-refractivity contribution in [2.24, 2.45) is 0 Å². The van der Waals surface area contributed by atoms with E-state index < -0.39 is 5.97 Å². The van der Waals surface area contributed by atoms with E-state index in [1.807, 2.05) is 0 Å². The molecule has 0 aliphatic carbocycles. The molecule has 0 saturated heterocycles. The highest BCUT2D eigenvalue weighted by Gasteiger charge is 2.08. The van der Waals surface area contributed by atoms with Crippen molar-refractivity contribution in [2.75, 3.05) is 5.32 Å². The predicted octanol–water partition coefficient (Wildman–Crippen LogP) is 1.49. The number of hydrogen-bond donors (Lipinski definition) is 2. The Hall–Kier alpha value is -2.28. The number of amides is 1. The average molecular weight is 249 g/mol. The van der Waals surface area contributed by atoms with Crippen LogP contribution < -0.4 is 5.32 Å². The Labute approximate surface area is 100 Å². The number of aromatic nitrogens is 2. The minimum Gasteiger partial charge on any atom is -0.478 e. The maximum atomic E-state index is 11.7. The van der Waals surface area contributed by atoms with Crippen LogP contribution in [0.1, 0.15) is 20.7 Å². The maximum Gasteiger partial charge on any atom is 0.335 e. The number of carbonyl (C=O) groups excluding carboxylic acids is 1. The van der Waals surface area contributed by atoms with Crippen LogP contribution in [-0.2, 0) is 0 Å². The summed E-state index contributed by atoms with van der Waals surface area (Å²) in [5.74, 6) is -1.35. The number of carbonyl (C=O) groups is 2. The van der Waals surface area contributed by atoms with E-state index in [1.54, 1.807) is 0 Å². The Bertz CT molecular complexity index is 536. The lowest BCUT2D eigenvalue weighted by Crippen LogP contribution is -2.11. The molecule has 0 spiro atoms. The Kier molecular flexibility index (Phi) is 3.10. The van der Waals surface area contributed by atoms with Gasteiger partial charge in [-0.2, -0.15) is 0 Å². The van der Waals surface area contributed by atoms with Gasteiger partial charge in [-0.3, -0.25) is 4.79 Å². The standard InChI is InChI=1S/C10H7N3O3S/c14-9(12-8-5-11-13-17-8)6-1-3-7(4-2-6)10(15)16/h1-5H,(H,12,14)(H,15,16). The number of carboxylic acids is 1. The van der Waals surface area contributed by atoms with Crippen molar-refractivity contribution in [1.29, 1.82) is 0 Å². The lowest BCUT2D eigenvalue weighted by Gasteiger charge is -2.01. The smallest absolute Gasteiger partial charge is 0.335 e. The van der Waals surface area contributed by atoms with Crippen LogP contribution in [0, 0.1) is 0 Å². The van der Waals surface area contributed by atoms with E-state index >= 15 is 0 Å². The van der Waals surface area contributed by atoms with Crippen LogP contribution in [-0.4, -0.2) is 26.6 Å². The summed E-state index contributed by atoms with van der Waals surface area (Å²) in [5, 5.41) is 15.4. The van der Waals surface area contributed by atoms with E-state index in [9.17, 15) is 9.59 Å². The number of carboxylic acid groups (broad SMARTS) is 1. The molecule has 0 aliphatic rings. The number of nitrogens with zero attached hydrogens (tertiary/aromatic N) is 2. The van der Waals surface area contributed by atoms with Crippen LogP contribution >= 0.6 is 11.5 Å². The van der Waals surface area contributed by atoms with Crippen molar-refractivity contribution in [1.82, 2.24) is 9.59 Å². The summed E-state index contributed by atoms with van der Waals surface area (Å²) >= 11 is 1.07. The van der Waals surface area contributed by atoms with Crippen LogP contribution in [0.2, 0.25) is 0 Å². The van der Waals surface area contributed by atoms with Crippen LogP contribution in [0.5, 0.6) is 0 Å². The Balaban J connectivity index is 2.12. The zero-order valence-corrected chi connectivity index (χ0v) is 9.27. The van der Waals surface area contributed by atoms with Crippen molar-refractivity contribution >= 4 is 28.4 Å². The lowest BCUT2D eigenvalue weighted by molar-refractivity contribution is 0.0696. The molecule has 0 aliphatic heterocycles. The molecule has 6 nitrogen and oxygen atoms in total. The van der Waals surface area contributed by atoms with Gasteiger partial charge in [0.05, 0.1) is 11.8 Å². The number of aromatic carboxylic acids is 1. The summed E-state index contributed by atoms with van der Waals surface area (Å²) in [5.41, 5.74) is 0.518. The highest BCUT2D eigenvalue weighted by atomic mass is 32.1. The third-order valence-corrected chi connectivity index (χ3v) is 2.57. The van der Waals surface area contributed by atoms with Gasteiger partial charge in [0.2, 0.25) is 0 Å². The average Bonchev–Trinajstić information content (AvgIpc) is 2.82. The van der Waals surface area contributed by atoms with Crippen LogP contribution in [0.4, 0.5) is 5.00 Å². The summed E-state index contributed by atoms with van der Waals surface area (Å²) in [7, 11) is 0. The van der Waals surface area contributed by atoms with Crippen LogP contribution in [0.3, 0.4) is 0 Å². The molecule has 7 heteroatoms. The highest BCUT2D eigenvalue weighted by molar-refractivity contribution is 7.10. The molecule has 2 N–H and O–H groups in total. The molecule has 0 bridgehead atoms. The van der Waals surface area contributed by atoms with Gasteiger partial charge in [-0.15, -0.1) is 5.10 Å². The minimum absolute atomic E-state index is 0.140. The number of benzene rings is 1. The summed E-state index contributed by atoms with van der Waals surface area (Å²) in [4.78, 5) is 22.3. The second kappa shape index (κ2) is 4.71. The van der Waals surface area contributed by atoms with Gasteiger partial charge in [0.15, 0.2) is 0 Å². The molecule has 1 aromatic heterocycles. The molecule has 0 unspecified atom stereocenters. The Morgan fingerprint density at radius 2 is 1.82 bits per heavy atom. The first kappa shape index (κ1) is 11.2. The van der Waals surface area contributed by atoms with Gasteiger partial charge >= 0.3 is 5.97 Å². The molecule has 1 heterocycles. The second-order valence-corrected chi connectivity index (χ2v) is 3.90. The Morgan fingerprint density at radius 3 is 2.35 bits per heavy atom. The van der Waals surface area contributed by atoms with Gasteiger partial charge in [-0.05, 0) is 24.3 Å². The zero-order valence-electron chi connectivity index (χ0n) is 8.45. The SMILES string of the molecule is O=C(O)c1ccc(C(=O)Nc2cnns2)cc1. The topological polar surface area (TPSA) is 92.2 Å². The van der Waals surface area contributed by atoms with Gasteiger partial charge in [0.1, 0.15) is 5.00 Å². The number of hydrogen-bond acceptors (Lipinski definition) is 5. The first-order chi connectivity index (χ1) is 8.16. The van der Waals surface area contributed by atoms with Crippen LogP contribution in [0.15, 0.2) is 30.5 Å². The highest BCUT2D eigenvalue weighted by Crippen LogP contribution is 2.12. The van der Waals surface area contributed by atoms with Gasteiger partial charge in [-0.25, -0.2) is 4.79 Å². The quantitative estimate of drug-likeness (QED) is 0.859. The molecule has 2 aromatic rings. The van der Waals surface area contributed by atoms with E-state index in [1.165, 1.54) is 30.5 Å².